The van der Waals surface area contributed by atoms with Crippen molar-refractivity contribution in [1.82, 2.24) is 10.9 Å². The van der Waals surface area contributed by atoms with Crippen LogP contribution in [0.1, 0.15) is 45.4 Å². The van der Waals surface area contributed by atoms with Crippen LogP contribution in [0.2, 0.25) is 0 Å². The van der Waals surface area contributed by atoms with Crippen LogP contribution in [0.3, 0.4) is 0 Å². The highest BCUT2D eigenvalue weighted by molar-refractivity contribution is 5.97. The van der Waals surface area contributed by atoms with E-state index in [2.05, 4.69) is 10.9 Å². The molecule has 5 rings (SSSR count). The smallest absolute Gasteiger partial charge is 0.279 e. The molecule has 4 bridgehead atoms. The summed E-state index contributed by atoms with van der Waals surface area (Å²) < 4.78 is 0. The number of hydrogen-bond donors (Lipinski definition) is 1. The summed E-state index contributed by atoms with van der Waals surface area (Å²) in [5, 5.41) is 0. The molecule has 1 N–H and O–H groups in total. The Morgan fingerprint density at radius 1 is 1.12 bits per heavy atom. The summed E-state index contributed by atoms with van der Waals surface area (Å²) in [5.41, 5.74) is 9.05. The average molecular weight is 231 g/mol. The first-order valence-electron chi connectivity index (χ1n) is 6.89. The van der Waals surface area contributed by atoms with Crippen molar-refractivity contribution in [3.05, 3.63) is 11.3 Å². The lowest BCUT2D eigenvalue weighted by atomic mass is 9.47. The zero-order valence-corrected chi connectivity index (χ0v) is 10.3. The van der Waals surface area contributed by atoms with E-state index in [1.165, 1.54) is 38.5 Å². The van der Waals surface area contributed by atoms with Crippen molar-refractivity contribution >= 4 is 5.91 Å². The molecule has 3 heteroatoms. The molecule has 5 aliphatic rings. The van der Waals surface area contributed by atoms with Crippen LogP contribution in [0, 0.1) is 23.2 Å². The van der Waals surface area contributed by atoms with E-state index < -0.39 is 0 Å². The molecule has 3 nitrogen and oxygen atoms in total. The molecule has 4 fully saturated rings. The lowest BCUT2D eigenvalue weighted by Crippen LogP contribution is -2.48. The van der Waals surface area contributed by atoms with E-state index >= 15 is 0 Å². The lowest BCUT2D eigenvalue weighted by Gasteiger charge is -2.57. The van der Waals surface area contributed by atoms with Crippen molar-refractivity contribution < 1.29 is 4.79 Å². The maximum atomic E-state index is 12.0. The number of hydrogen-bond acceptors (Lipinski definition) is 2. The normalized spacial score (nSPS) is 47.4. The fourth-order valence-electron chi connectivity index (χ4n) is 5.45. The van der Waals surface area contributed by atoms with Gasteiger partial charge in [0, 0.05) is 16.7 Å². The molecule has 0 unspecified atom stereocenters. The SMILES string of the molecule is CC1=C(C23CC4CC(CC(C4)C2)C3)C(=O)[N]N1. The summed E-state index contributed by atoms with van der Waals surface area (Å²) in [7, 11) is 0. The molecular weight excluding hydrogens is 212 g/mol. The number of allylic oxidation sites excluding steroid dienone is 1. The fourth-order valence-corrected chi connectivity index (χ4v) is 5.45. The lowest BCUT2D eigenvalue weighted by molar-refractivity contribution is -0.120. The van der Waals surface area contributed by atoms with Crippen LogP contribution in [0.4, 0.5) is 0 Å². The van der Waals surface area contributed by atoms with E-state index in [4.69, 9.17) is 0 Å². The van der Waals surface area contributed by atoms with Gasteiger partial charge >= 0.3 is 0 Å². The first kappa shape index (κ1) is 9.98. The predicted molar refractivity (Wildman–Crippen MR) is 63.6 cm³/mol. The molecule has 0 aromatic heterocycles. The molecule has 17 heavy (non-hydrogen) atoms. The third-order valence-corrected chi connectivity index (χ3v) is 5.48. The van der Waals surface area contributed by atoms with Crippen molar-refractivity contribution in [3.8, 4) is 0 Å². The van der Waals surface area contributed by atoms with Crippen molar-refractivity contribution in [2.45, 2.75) is 45.4 Å². The molecule has 4 aliphatic carbocycles. The Kier molecular flexibility index (Phi) is 1.80. The van der Waals surface area contributed by atoms with Crippen LogP contribution < -0.4 is 10.9 Å². The van der Waals surface area contributed by atoms with Gasteiger partial charge in [0.2, 0.25) is 0 Å². The molecule has 0 atom stereocenters. The largest absolute Gasteiger partial charge is 0.291 e. The van der Waals surface area contributed by atoms with Crippen molar-refractivity contribution in [2.24, 2.45) is 23.2 Å². The number of carbonyl (C=O) groups excluding carboxylic acids is 1. The van der Waals surface area contributed by atoms with Gasteiger partial charge in [0.15, 0.2) is 0 Å². The number of carbonyl (C=O) groups is 1. The first-order valence-corrected chi connectivity index (χ1v) is 6.89. The van der Waals surface area contributed by atoms with E-state index in [9.17, 15) is 4.79 Å². The van der Waals surface area contributed by atoms with E-state index in [0.717, 1.165) is 29.0 Å². The summed E-state index contributed by atoms with van der Waals surface area (Å²) >= 11 is 0. The van der Waals surface area contributed by atoms with Gasteiger partial charge in [0.25, 0.3) is 5.91 Å². The third-order valence-electron chi connectivity index (χ3n) is 5.48. The van der Waals surface area contributed by atoms with E-state index in [-0.39, 0.29) is 11.3 Å². The van der Waals surface area contributed by atoms with Crippen LogP contribution in [0.25, 0.3) is 0 Å². The van der Waals surface area contributed by atoms with E-state index in [1.54, 1.807) is 0 Å². The van der Waals surface area contributed by atoms with Gasteiger partial charge in [-0.25, -0.2) is 0 Å². The predicted octanol–water partition coefficient (Wildman–Crippen LogP) is 2.13. The van der Waals surface area contributed by atoms with Crippen LogP contribution >= 0.6 is 0 Å². The van der Waals surface area contributed by atoms with Gasteiger partial charge < -0.3 is 0 Å². The molecule has 4 saturated carbocycles. The van der Waals surface area contributed by atoms with Crippen LogP contribution in [-0.2, 0) is 4.79 Å². The Balaban J connectivity index is 1.78. The van der Waals surface area contributed by atoms with Crippen molar-refractivity contribution in [1.29, 1.82) is 0 Å². The summed E-state index contributed by atoms with van der Waals surface area (Å²) in [6, 6.07) is 0. The summed E-state index contributed by atoms with van der Waals surface area (Å²) in [5.74, 6) is 2.67. The summed E-state index contributed by atoms with van der Waals surface area (Å²) in [6.45, 7) is 2.02. The quantitative estimate of drug-likeness (QED) is 0.751. The first-order chi connectivity index (χ1) is 8.16. The second-order valence-corrected chi connectivity index (χ2v) is 6.73. The van der Waals surface area contributed by atoms with Gasteiger partial charge in [-0.1, -0.05) is 0 Å². The Bertz CT molecular complexity index is 389. The van der Waals surface area contributed by atoms with Gasteiger partial charge in [-0.3, -0.25) is 10.2 Å². The highest BCUT2D eigenvalue weighted by Gasteiger charge is 2.55. The maximum absolute atomic E-state index is 12.0. The minimum atomic E-state index is 0.0180. The van der Waals surface area contributed by atoms with Gasteiger partial charge in [-0.2, -0.15) is 0 Å². The molecule has 0 aromatic rings. The third kappa shape index (κ3) is 1.25. The zero-order valence-electron chi connectivity index (χ0n) is 10.3. The summed E-state index contributed by atoms with van der Waals surface area (Å²) in [6.07, 6.45) is 8.00. The standard InChI is InChI=1S/C14H19N2O/c1-8-12(13(17)16-15-8)14-5-9-2-10(6-14)4-11(3-9)7-14/h9-11,15H,2-7H2,1H3. The van der Waals surface area contributed by atoms with Gasteiger partial charge in [0.1, 0.15) is 0 Å². The molecule has 0 saturated heterocycles. The molecule has 1 aliphatic heterocycles. The molecule has 1 amide bonds. The van der Waals surface area contributed by atoms with Crippen molar-refractivity contribution in [3.63, 3.8) is 0 Å². The van der Waals surface area contributed by atoms with Crippen LogP contribution in [-0.4, -0.2) is 5.91 Å². The van der Waals surface area contributed by atoms with Gasteiger partial charge in [-0.05, 0) is 63.2 Å². The number of rotatable bonds is 1. The molecule has 1 heterocycles. The topological polar surface area (TPSA) is 43.2 Å². The fraction of sp³-hybridized carbons (Fsp3) is 0.786. The summed E-state index contributed by atoms with van der Waals surface area (Å²) in [4.78, 5) is 12.0. The van der Waals surface area contributed by atoms with Gasteiger partial charge in [0.05, 0.1) is 0 Å². The van der Waals surface area contributed by atoms with E-state index in [0.29, 0.717) is 0 Å². The Labute approximate surface area is 102 Å². The Morgan fingerprint density at radius 3 is 2.06 bits per heavy atom. The molecule has 0 aromatic carbocycles. The molecule has 91 valence electrons. The van der Waals surface area contributed by atoms with Crippen LogP contribution in [0.5, 0.6) is 0 Å². The average Bonchev–Trinajstić information content (AvgIpc) is 2.56. The highest BCUT2D eigenvalue weighted by atomic mass is 16.2. The molecule has 0 spiro atoms. The van der Waals surface area contributed by atoms with Gasteiger partial charge in [-0.15, -0.1) is 5.43 Å². The molecule has 1 radical (unpaired) electrons. The Morgan fingerprint density at radius 2 is 1.65 bits per heavy atom. The second-order valence-electron chi connectivity index (χ2n) is 6.73. The van der Waals surface area contributed by atoms with E-state index in [1.807, 2.05) is 6.92 Å². The maximum Gasteiger partial charge on any atom is 0.291 e. The molecular formula is C14H19N2O. The zero-order chi connectivity index (χ0) is 11.6. The van der Waals surface area contributed by atoms with Crippen LogP contribution in [0.15, 0.2) is 11.3 Å². The Hall–Kier alpha value is -0.990. The highest BCUT2D eigenvalue weighted by Crippen LogP contribution is 2.63. The minimum Gasteiger partial charge on any atom is -0.279 e. The second kappa shape index (κ2) is 3.06. The van der Waals surface area contributed by atoms with Crippen molar-refractivity contribution in [2.75, 3.05) is 0 Å². The number of amides is 1. The number of nitrogens with one attached hydrogen (secondary N) is 1. The minimum absolute atomic E-state index is 0.0180. The number of nitrogens with zero attached hydrogens (tertiary/aromatic N) is 1. The monoisotopic (exact) mass is 231 g/mol.